The van der Waals surface area contributed by atoms with Crippen molar-refractivity contribution >= 4 is 17.9 Å². The van der Waals surface area contributed by atoms with Crippen LogP contribution in [0.25, 0.3) is 0 Å². The van der Waals surface area contributed by atoms with Crippen LogP contribution in [0.2, 0.25) is 0 Å². The Hall–Kier alpha value is -3.67. The molecule has 0 aromatic carbocycles. The van der Waals surface area contributed by atoms with Crippen molar-refractivity contribution in [3.05, 3.63) is 97.2 Å². The molecule has 6 nitrogen and oxygen atoms in total. The Morgan fingerprint density at radius 3 is 1.33 bits per heavy atom. The monoisotopic (exact) mass is 805 g/mol. The van der Waals surface area contributed by atoms with Gasteiger partial charge in [0.2, 0.25) is 0 Å². The Morgan fingerprint density at radius 2 is 0.776 bits per heavy atom. The summed E-state index contributed by atoms with van der Waals surface area (Å²) in [6, 6.07) is 0. The summed E-state index contributed by atoms with van der Waals surface area (Å²) in [5.41, 5.74) is 0. The fourth-order valence-electron chi connectivity index (χ4n) is 5.92. The van der Waals surface area contributed by atoms with E-state index < -0.39 is 12.1 Å². The fourth-order valence-corrected chi connectivity index (χ4v) is 5.92. The second kappa shape index (κ2) is 46.0. The predicted octanol–water partition coefficient (Wildman–Crippen LogP) is 15.0. The Labute approximate surface area is 356 Å². The zero-order chi connectivity index (χ0) is 42.3. The van der Waals surface area contributed by atoms with Crippen molar-refractivity contribution in [2.45, 2.75) is 200 Å². The Morgan fingerprint density at radius 1 is 0.379 bits per heavy atom. The molecule has 0 aromatic rings. The third-order valence-electron chi connectivity index (χ3n) is 9.43. The molecule has 0 spiro atoms. The van der Waals surface area contributed by atoms with Crippen LogP contribution >= 0.6 is 0 Å². The van der Waals surface area contributed by atoms with Crippen LogP contribution < -0.4 is 0 Å². The number of esters is 3. The van der Waals surface area contributed by atoms with E-state index in [1.807, 2.05) is 54.7 Å². The van der Waals surface area contributed by atoms with E-state index in [9.17, 15) is 14.4 Å². The van der Waals surface area contributed by atoms with Gasteiger partial charge in [-0.2, -0.15) is 0 Å². The van der Waals surface area contributed by atoms with Crippen LogP contribution in [0.15, 0.2) is 97.2 Å². The minimum atomic E-state index is -0.828. The summed E-state index contributed by atoms with van der Waals surface area (Å²) in [6.45, 7) is 6.34. The molecular weight excluding hydrogens is 721 g/mol. The summed E-state index contributed by atoms with van der Waals surface area (Å²) < 4.78 is 16.6. The van der Waals surface area contributed by atoms with Crippen molar-refractivity contribution in [3.8, 4) is 0 Å². The zero-order valence-corrected chi connectivity index (χ0v) is 37.3. The molecule has 58 heavy (non-hydrogen) atoms. The second-order valence-corrected chi connectivity index (χ2v) is 15.0. The van der Waals surface area contributed by atoms with E-state index >= 15 is 0 Å². The number of unbranched alkanes of at least 4 members (excludes halogenated alkanes) is 17. The standard InChI is InChI=1S/C52H84O6/c1-4-7-10-13-16-19-22-25-26-28-30-33-36-39-42-45-51(54)57-48-49(47-56-50(53)44-41-38-35-32-29-24-21-18-15-12-9-6-3)58-52(55)46-43-40-37-34-31-27-23-20-17-14-11-8-5-2/h7,10,13,16,18-19,21-22,25-28,30-31,37,40,49H,4-6,8-9,11-12,14-15,17,20,23-24,29,32-36,38-39,41-48H2,1-3H3/b10-7-,16-13-,21-18-,22-19-,26-25-,30-28-,31-27-,40-37-. The molecule has 0 rings (SSSR count). The third kappa shape index (κ3) is 43.5. The van der Waals surface area contributed by atoms with Gasteiger partial charge in [0.05, 0.1) is 0 Å². The van der Waals surface area contributed by atoms with E-state index in [0.29, 0.717) is 19.3 Å². The normalized spacial score (nSPS) is 12.9. The molecule has 0 aliphatic carbocycles. The molecule has 0 saturated heterocycles. The van der Waals surface area contributed by atoms with E-state index in [4.69, 9.17) is 14.2 Å². The van der Waals surface area contributed by atoms with E-state index in [-0.39, 0.29) is 31.6 Å². The lowest BCUT2D eigenvalue weighted by Crippen LogP contribution is -2.30. The first-order chi connectivity index (χ1) is 28.5. The number of ether oxygens (including phenoxy) is 3. The maximum absolute atomic E-state index is 12.7. The predicted molar refractivity (Wildman–Crippen MR) is 247 cm³/mol. The van der Waals surface area contributed by atoms with Crippen molar-refractivity contribution in [1.82, 2.24) is 0 Å². The first-order valence-corrected chi connectivity index (χ1v) is 23.3. The SMILES string of the molecule is CC\C=C/C=C\C=C/C=C\C=C/CCCCCC(=O)OCC(COC(=O)CCCCCCC/C=C\CCCCC)OC(=O)CC/C=C\C/C=C\CCCCCCCC. The lowest BCUT2D eigenvalue weighted by molar-refractivity contribution is -0.166. The average Bonchev–Trinajstić information content (AvgIpc) is 3.22. The van der Waals surface area contributed by atoms with Gasteiger partial charge >= 0.3 is 17.9 Å². The van der Waals surface area contributed by atoms with E-state index in [2.05, 4.69) is 63.3 Å². The highest BCUT2D eigenvalue weighted by atomic mass is 16.6. The lowest BCUT2D eigenvalue weighted by atomic mass is 10.1. The van der Waals surface area contributed by atoms with Crippen LogP contribution in [0.5, 0.6) is 0 Å². The number of allylic oxidation sites excluding steroid dienone is 16. The largest absolute Gasteiger partial charge is 0.462 e. The summed E-state index contributed by atoms with van der Waals surface area (Å²) in [5, 5.41) is 0. The van der Waals surface area contributed by atoms with Gasteiger partial charge in [-0.05, 0) is 83.5 Å². The minimum absolute atomic E-state index is 0.120. The molecule has 0 fully saturated rings. The molecule has 0 aliphatic heterocycles. The van der Waals surface area contributed by atoms with Gasteiger partial charge < -0.3 is 14.2 Å². The molecule has 0 amide bonds. The molecule has 0 radical (unpaired) electrons. The molecule has 0 N–H and O–H groups in total. The van der Waals surface area contributed by atoms with Crippen molar-refractivity contribution in [2.75, 3.05) is 13.2 Å². The van der Waals surface area contributed by atoms with Gasteiger partial charge in [0.25, 0.3) is 0 Å². The molecular formula is C52H84O6. The third-order valence-corrected chi connectivity index (χ3v) is 9.43. The topological polar surface area (TPSA) is 78.9 Å². The maximum Gasteiger partial charge on any atom is 0.306 e. The molecule has 0 aromatic heterocycles. The van der Waals surface area contributed by atoms with Crippen LogP contribution in [0.1, 0.15) is 194 Å². The van der Waals surface area contributed by atoms with Crippen LogP contribution in [0.4, 0.5) is 0 Å². The lowest BCUT2D eigenvalue weighted by Gasteiger charge is -2.18. The van der Waals surface area contributed by atoms with Crippen molar-refractivity contribution in [3.63, 3.8) is 0 Å². The number of carbonyl (C=O) groups is 3. The Bertz CT molecular complexity index is 1200. The van der Waals surface area contributed by atoms with Crippen molar-refractivity contribution < 1.29 is 28.6 Å². The zero-order valence-electron chi connectivity index (χ0n) is 37.3. The summed E-state index contributed by atoms with van der Waals surface area (Å²) in [6.07, 6.45) is 59.7. The summed E-state index contributed by atoms with van der Waals surface area (Å²) >= 11 is 0. The molecule has 0 bridgehead atoms. The highest BCUT2D eigenvalue weighted by Gasteiger charge is 2.19. The molecule has 328 valence electrons. The van der Waals surface area contributed by atoms with Gasteiger partial charge in [0.15, 0.2) is 6.10 Å². The summed E-state index contributed by atoms with van der Waals surface area (Å²) in [7, 11) is 0. The molecule has 0 saturated carbocycles. The maximum atomic E-state index is 12.7. The van der Waals surface area contributed by atoms with Crippen LogP contribution in [0.3, 0.4) is 0 Å². The highest BCUT2D eigenvalue weighted by Crippen LogP contribution is 2.12. The van der Waals surface area contributed by atoms with E-state index in [1.165, 1.54) is 70.6 Å². The van der Waals surface area contributed by atoms with Crippen molar-refractivity contribution in [2.24, 2.45) is 0 Å². The first kappa shape index (κ1) is 54.3. The first-order valence-electron chi connectivity index (χ1n) is 23.3. The number of rotatable bonds is 40. The number of hydrogen-bond donors (Lipinski definition) is 0. The molecule has 1 unspecified atom stereocenters. The Balaban J connectivity index is 4.57. The fraction of sp³-hybridized carbons (Fsp3) is 0.635. The van der Waals surface area contributed by atoms with Gasteiger partial charge in [0, 0.05) is 19.3 Å². The number of hydrogen-bond acceptors (Lipinski definition) is 6. The van der Waals surface area contributed by atoms with E-state index in [1.54, 1.807) is 0 Å². The minimum Gasteiger partial charge on any atom is -0.462 e. The highest BCUT2D eigenvalue weighted by molar-refractivity contribution is 5.71. The van der Waals surface area contributed by atoms with Gasteiger partial charge in [-0.25, -0.2) is 0 Å². The van der Waals surface area contributed by atoms with Gasteiger partial charge in [0.1, 0.15) is 13.2 Å². The quantitative estimate of drug-likeness (QED) is 0.0202. The molecule has 0 aliphatic rings. The van der Waals surface area contributed by atoms with Gasteiger partial charge in [-0.1, -0.05) is 189 Å². The van der Waals surface area contributed by atoms with Gasteiger partial charge in [-0.3, -0.25) is 14.4 Å². The number of carbonyl (C=O) groups excluding carboxylic acids is 3. The van der Waals surface area contributed by atoms with Crippen LogP contribution in [-0.4, -0.2) is 37.2 Å². The molecule has 0 heterocycles. The second-order valence-electron chi connectivity index (χ2n) is 15.0. The summed E-state index contributed by atoms with van der Waals surface area (Å²) in [4.78, 5) is 37.7. The smallest absolute Gasteiger partial charge is 0.306 e. The van der Waals surface area contributed by atoms with Crippen LogP contribution in [0, 0.1) is 0 Å². The van der Waals surface area contributed by atoms with Gasteiger partial charge in [-0.15, -0.1) is 0 Å². The molecule has 6 heteroatoms. The van der Waals surface area contributed by atoms with E-state index in [0.717, 1.165) is 77.0 Å². The summed E-state index contributed by atoms with van der Waals surface area (Å²) in [5.74, 6) is -1.05. The molecule has 1 atom stereocenters. The Kier molecular flexibility index (Phi) is 43.1. The van der Waals surface area contributed by atoms with Crippen LogP contribution in [-0.2, 0) is 28.6 Å². The van der Waals surface area contributed by atoms with Crippen molar-refractivity contribution in [1.29, 1.82) is 0 Å². The average molecular weight is 805 g/mol.